The van der Waals surface area contributed by atoms with E-state index in [1.807, 2.05) is 49.9 Å². The van der Waals surface area contributed by atoms with E-state index in [1.54, 1.807) is 0 Å². The molecule has 1 aromatic carbocycles. The van der Waals surface area contributed by atoms with Crippen LogP contribution in [0.2, 0.25) is 0 Å². The first-order valence-corrected chi connectivity index (χ1v) is 8.11. The third kappa shape index (κ3) is 3.75. The van der Waals surface area contributed by atoms with Crippen LogP contribution in [0.25, 0.3) is 11.0 Å². The average Bonchev–Trinajstić information content (AvgIpc) is 3.09. The zero-order valence-electron chi connectivity index (χ0n) is 13.9. The third-order valence-corrected chi connectivity index (χ3v) is 3.90. The first-order valence-electron chi connectivity index (χ1n) is 8.11. The number of imidazole rings is 1. The number of nitrogens with zero attached hydrogens (tertiary/aromatic N) is 2. The first kappa shape index (κ1) is 15.6. The van der Waals surface area contributed by atoms with Crippen molar-refractivity contribution in [2.45, 2.75) is 45.3 Å². The number of aromatic nitrogens is 2. The fourth-order valence-electron chi connectivity index (χ4n) is 2.86. The van der Waals surface area contributed by atoms with Crippen LogP contribution in [0.15, 0.2) is 24.3 Å². The molecule has 0 spiro atoms. The number of nitrogens with one attached hydrogen (secondary N) is 2. The van der Waals surface area contributed by atoms with Crippen LogP contribution in [-0.2, 0) is 4.74 Å². The van der Waals surface area contributed by atoms with E-state index in [2.05, 4.69) is 15.3 Å². The lowest BCUT2D eigenvalue weighted by Crippen LogP contribution is -2.42. The van der Waals surface area contributed by atoms with Crippen molar-refractivity contribution in [2.75, 3.05) is 18.4 Å². The lowest BCUT2D eigenvalue weighted by molar-refractivity contribution is 0.0235. The molecule has 124 valence electrons. The van der Waals surface area contributed by atoms with Gasteiger partial charge in [-0.25, -0.2) is 9.78 Å². The van der Waals surface area contributed by atoms with Gasteiger partial charge in [-0.1, -0.05) is 12.1 Å². The summed E-state index contributed by atoms with van der Waals surface area (Å²) in [6.45, 7) is 7.09. The van der Waals surface area contributed by atoms with Gasteiger partial charge in [-0.05, 0) is 45.7 Å². The molecule has 0 aliphatic carbocycles. The summed E-state index contributed by atoms with van der Waals surface area (Å²) in [7, 11) is 0. The number of para-hydroxylation sites is 2. The highest BCUT2D eigenvalue weighted by atomic mass is 16.6. The summed E-state index contributed by atoms with van der Waals surface area (Å²) < 4.78 is 5.49. The second-order valence-electron chi connectivity index (χ2n) is 6.95. The molecule has 1 aliphatic rings. The predicted octanol–water partition coefficient (Wildman–Crippen LogP) is 3.37. The van der Waals surface area contributed by atoms with Crippen LogP contribution in [-0.4, -0.2) is 45.7 Å². The number of aromatic amines is 1. The minimum absolute atomic E-state index is 0.137. The summed E-state index contributed by atoms with van der Waals surface area (Å²) >= 11 is 0. The van der Waals surface area contributed by atoms with Gasteiger partial charge in [-0.15, -0.1) is 0 Å². The van der Waals surface area contributed by atoms with Gasteiger partial charge in [-0.2, -0.15) is 0 Å². The molecule has 3 rings (SSSR count). The minimum atomic E-state index is -0.462. The van der Waals surface area contributed by atoms with E-state index in [-0.39, 0.29) is 12.1 Å². The number of ether oxygens (including phenoxy) is 1. The molecule has 0 radical (unpaired) electrons. The molecule has 1 aromatic heterocycles. The molecule has 2 N–H and O–H groups in total. The van der Waals surface area contributed by atoms with Crippen molar-refractivity contribution in [1.82, 2.24) is 14.9 Å². The largest absolute Gasteiger partial charge is 0.444 e. The lowest BCUT2D eigenvalue weighted by Gasteiger charge is -2.28. The fourth-order valence-corrected chi connectivity index (χ4v) is 2.86. The Morgan fingerprint density at radius 3 is 2.96 bits per heavy atom. The van der Waals surface area contributed by atoms with Crippen LogP contribution in [0.3, 0.4) is 0 Å². The van der Waals surface area contributed by atoms with Gasteiger partial charge in [-0.3, -0.25) is 0 Å². The normalized spacial score (nSPS) is 18.4. The highest BCUT2D eigenvalue weighted by molar-refractivity contribution is 5.77. The second kappa shape index (κ2) is 6.10. The van der Waals surface area contributed by atoms with Crippen molar-refractivity contribution in [2.24, 2.45) is 0 Å². The number of likely N-dealkylation sites (tertiary alicyclic amines) is 1. The van der Waals surface area contributed by atoms with Gasteiger partial charge >= 0.3 is 6.09 Å². The Bertz CT molecular complexity index is 656. The predicted molar refractivity (Wildman–Crippen MR) is 90.5 cm³/mol. The summed E-state index contributed by atoms with van der Waals surface area (Å²) in [5.74, 6) is 0.738. The smallest absolute Gasteiger partial charge is 0.410 e. The molecule has 2 aromatic rings. The number of benzene rings is 1. The molecule has 0 bridgehead atoms. The molecular weight excluding hydrogens is 292 g/mol. The quantitative estimate of drug-likeness (QED) is 0.911. The van der Waals surface area contributed by atoms with Gasteiger partial charge in [0, 0.05) is 13.1 Å². The van der Waals surface area contributed by atoms with Gasteiger partial charge in [0.1, 0.15) is 5.60 Å². The van der Waals surface area contributed by atoms with E-state index in [1.165, 1.54) is 0 Å². The molecule has 1 amide bonds. The van der Waals surface area contributed by atoms with Crippen molar-refractivity contribution < 1.29 is 9.53 Å². The number of hydrogen-bond acceptors (Lipinski definition) is 4. The summed E-state index contributed by atoms with van der Waals surface area (Å²) in [6, 6.07) is 8.05. The molecule has 1 unspecified atom stereocenters. The second-order valence-corrected chi connectivity index (χ2v) is 6.95. The standard InChI is InChI=1S/C17H24N4O2/c1-17(2,3)23-16(22)21-10-6-7-12(21)11-18-15-19-13-8-4-5-9-14(13)20-15/h4-5,8-9,12H,6-7,10-11H2,1-3H3,(H2,18,19,20). The van der Waals surface area contributed by atoms with Gasteiger partial charge in [0.15, 0.2) is 0 Å². The zero-order chi connectivity index (χ0) is 16.4. The highest BCUT2D eigenvalue weighted by Crippen LogP contribution is 2.21. The molecule has 1 aliphatic heterocycles. The van der Waals surface area contributed by atoms with Crippen molar-refractivity contribution in [1.29, 1.82) is 0 Å². The van der Waals surface area contributed by atoms with E-state index in [9.17, 15) is 4.79 Å². The average molecular weight is 316 g/mol. The maximum Gasteiger partial charge on any atom is 0.410 e. The van der Waals surface area contributed by atoms with Crippen molar-refractivity contribution in [3.8, 4) is 0 Å². The Hall–Kier alpha value is -2.24. The van der Waals surface area contributed by atoms with Gasteiger partial charge in [0.2, 0.25) is 5.95 Å². The summed E-state index contributed by atoms with van der Waals surface area (Å²) in [4.78, 5) is 21.8. The maximum absolute atomic E-state index is 12.3. The molecule has 1 atom stereocenters. The van der Waals surface area contributed by atoms with E-state index < -0.39 is 5.60 Å². The summed E-state index contributed by atoms with van der Waals surface area (Å²) in [6.07, 6.45) is 1.75. The van der Waals surface area contributed by atoms with Crippen molar-refractivity contribution in [3.63, 3.8) is 0 Å². The number of hydrogen-bond donors (Lipinski definition) is 2. The van der Waals surface area contributed by atoms with Gasteiger partial charge in [0.25, 0.3) is 0 Å². The Morgan fingerprint density at radius 1 is 1.43 bits per heavy atom. The number of H-pyrrole nitrogens is 1. The van der Waals surface area contributed by atoms with Gasteiger partial charge < -0.3 is 19.9 Å². The molecule has 1 saturated heterocycles. The lowest BCUT2D eigenvalue weighted by atomic mass is 10.2. The van der Waals surface area contributed by atoms with Crippen molar-refractivity contribution >= 4 is 23.1 Å². The molecular formula is C17H24N4O2. The summed E-state index contributed by atoms with van der Waals surface area (Å²) in [5.41, 5.74) is 1.48. The molecule has 2 heterocycles. The number of fused-ring (bicyclic) bond motifs is 1. The monoisotopic (exact) mass is 316 g/mol. The van der Waals surface area contributed by atoms with Gasteiger partial charge in [0.05, 0.1) is 17.1 Å². The Labute approximate surface area is 136 Å². The van der Waals surface area contributed by atoms with Crippen LogP contribution in [0.5, 0.6) is 0 Å². The molecule has 0 saturated carbocycles. The van der Waals surface area contributed by atoms with E-state index in [0.717, 1.165) is 36.4 Å². The van der Waals surface area contributed by atoms with E-state index >= 15 is 0 Å². The minimum Gasteiger partial charge on any atom is -0.444 e. The molecule has 23 heavy (non-hydrogen) atoms. The van der Waals surface area contributed by atoms with E-state index in [0.29, 0.717) is 6.54 Å². The fraction of sp³-hybridized carbons (Fsp3) is 0.529. The first-order chi connectivity index (χ1) is 10.9. The van der Waals surface area contributed by atoms with E-state index in [4.69, 9.17) is 4.74 Å². The maximum atomic E-state index is 12.3. The number of rotatable bonds is 3. The number of amides is 1. The SMILES string of the molecule is CC(C)(C)OC(=O)N1CCCC1CNc1nc2ccccc2[nH]1. The van der Waals surface area contributed by atoms with Crippen LogP contribution in [0.4, 0.5) is 10.7 Å². The molecule has 1 fully saturated rings. The molecule has 6 nitrogen and oxygen atoms in total. The van der Waals surface area contributed by atoms with Crippen molar-refractivity contribution in [3.05, 3.63) is 24.3 Å². The van der Waals surface area contributed by atoms with Crippen LogP contribution < -0.4 is 5.32 Å². The Kier molecular flexibility index (Phi) is 4.15. The Balaban J connectivity index is 1.61. The molecule has 6 heteroatoms. The van der Waals surface area contributed by atoms with Crippen LogP contribution in [0, 0.1) is 0 Å². The summed E-state index contributed by atoms with van der Waals surface area (Å²) in [5, 5.41) is 3.31. The topological polar surface area (TPSA) is 70.2 Å². The zero-order valence-corrected chi connectivity index (χ0v) is 13.9. The highest BCUT2D eigenvalue weighted by Gasteiger charge is 2.32. The number of anilines is 1. The van der Waals surface area contributed by atoms with Crippen LogP contribution in [0.1, 0.15) is 33.6 Å². The number of carbonyl (C=O) groups excluding carboxylic acids is 1. The van der Waals surface area contributed by atoms with Crippen LogP contribution >= 0.6 is 0 Å². The third-order valence-electron chi connectivity index (χ3n) is 3.90. The Morgan fingerprint density at radius 2 is 2.22 bits per heavy atom. The number of carbonyl (C=O) groups is 1.